The van der Waals surface area contributed by atoms with Gasteiger partial charge in [-0.3, -0.25) is 14.4 Å². The van der Waals surface area contributed by atoms with Gasteiger partial charge in [0.1, 0.15) is 6.04 Å². The van der Waals surface area contributed by atoms with Crippen molar-refractivity contribution < 1.29 is 24.3 Å². The van der Waals surface area contributed by atoms with Gasteiger partial charge in [0.05, 0.1) is 11.1 Å². The molecule has 0 radical (unpaired) electrons. The van der Waals surface area contributed by atoms with E-state index in [-0.39, 0.29) is 23.2 Å². The van der Waals surface area contributed by atoms with Gasteiger partial charge >= 0.3 is 5.97 Å². The van der Waals surface area contributed by atoms with Crippen molar-refractivity contribution in [2.75, 3.05) is 11.6 Å². The summed E-state index contributed by atoms with van der Waals surface area (Å²) in [4.78, 5) is 49.2. The molecule has 1 aromatic carbocycles. The number of hydrogen-bond donors (Lipinski definition) is 1. The van der Waals surface area contributed by atoms with Crippen molar-refractivity contribution in [3.8, 4) is 0 Å². The van der Waals surface area contributed by atoms with Gasteiger partial charge < -0.3 is 10.0 Å². The average molecular weight is 446 g/mol. The number of nitrogens with zero attached hydrogens (tertiary/aromatic N) is 1. The van der Waals surface area contributed by atoms with Crippen LogP contribution < -0.4 is 0 Å². The first-order chi connectivity index (χ1) is 11.8. The molecule has 2 atom stereocenters. The van der Waals surface area contributed by atoms with Gasteiger partial charge in [0, 0.05) is 29.1 Å². The van der Waals surface area contributed by atoms with E-state index >= 15 is 0 Å². The van der Waals surface area contributed by atoms with Crippen molar-refractivity contribution in [3.05, 3.63) is 34.3 Å². The molecule has 2 rings (SSSR count). The molecule has 0 bridgehead atoms. The zero-order valence-electron chi connectivity index (χ0n) is 13.3. The number of thioether (sulfide) groups is 2. The molecule has 9 heteroatoms. The molecule has 0 saturated carbocycles. The molecule has 134 valence electrons. The van der Waals surface area contributed by atoms with Crippen LogP contribution in [-0.2, 0) is 14.4 Å². The van der Waals surface area contributed by atoms with Gasteiger partial charge in [0.25, 0.3) is 0 Å². The molecule has 0 aliphatic carbocycles. The third kappa shape index (κ3) is 5.32. The van der Waals surface area contributed by atoms with Crippen LogP contribution in [-0.4, -0.2) is 55.7 Å². The topological polar surface area (TPSA) is 91.8 Å². The van der Waals surface area contributed by atoms with Gasteiger partial charge in [0.2, 0.25) is 5.91 Å². The van der Waals surface area contributed by atoms with Crippen LogP contribution >= 0.6 is 39.5 Å². The number of hydrogen-bond acceptors (Lipinski definition) is 6. The molecule has 1 aromatic rings. The van der Waals surface area contributed by atoms with Crippen LogP contribution in [0.5, 0.6) is 0 Å². The number of carboxylic acids is 1. The number of amides is 1. The van der Waals surface area contributed by atoms with Gasteiger partial charge in [-0.1, -0.05) is 39.8 Å². The van der Waals surface area contributed by atoms with Crippen LogP contribution in [0, 0.1) is 0 Å². The van der Waals surface area contributed by atoms with Crippen molar-refractivity contribution >= 4 is 62.2 Å². The lowest BCUT2D eigenvalue weighted by atomic mass is 10.1. The van der Waals surface area contributed by atoms with E-state index in [2.05, 4.69) is 15.9 Å². The summed E-state index contributed by atoms with van der Waals surface area (Å²) in [5, 5.41) is 8.05. The first kappa shape index (κ1) is 20.0. The lowest BCUT2D eigenvalue weighted by Gasteiger charge is -2.22. The largest absolute Gasteiger partial charge is 0.480 e. The molecule has 1 N–H and O–H groups in total. The minimum absolute atomic E-state index is 0.205. The van der Waals surface area contributed by atoms with Gasteiger partial charge in [0.15, 0.2) is 10.9 Å². The van der Waals surface area contributed by atoms with E-state index in [1.54, 1.807) is 24.3 Å². The van der Waals surface area contributed by atoms with Crippen molar-refractivity contribution in [2.45, 2.75) is 24.6 Å². The second kappa shape index (κ2) is 8.86. The quantitative estimate of drug-likeness (QED) is 0.672. The van der Waals surface area contributed by atoms with Crippen LogP contribution in [0.3, 0.4) is 0 Å². The monoisotopic (exact) mass is 445 g/mol. The maximum absolute atomic E-state index is 12.7. The van der Waals surface area contributed by atoms with Crippen LogP contribution in [0.2, 0.25) is 0 Å². The molecule has 1 aliphatic rings. The summed E-state index contributed by atoms with van der Waals surface area (Å²) in [5.41, 5.74) is 0.403. The highest BCUT2D eigenvalue weighted by molar-refractivity contribution is 9.10. The Morgan fingerprint density at radius 3 is 2.52 bits per heavy atom. The van der Waals surface area contributed by atoms with E-state index in [0.717, 1.165) is 16.2 Å². The van der Waals surface area contributed by atoms with Crippen LogP contribution in [0.25, 0.3) is 0 Å². The first-order valence-electron chi connectivity index (χ1n) is 7.36. The van der Waals surface area contributed by atoms with E-state index in [9.17, 15) is 24.3 Å². The maximum atomic E-state index is 12.7. The molecule has 0 spiro atoms. The molecule has 1 saturated heterocycles. The molecule has 1 aliphatic heterocycles. The standard InChI is InChI=1S/C16H16BrNO5S2/c1-9(19)25-13(15(21)10-2-4-11(17)5-3-10)6-14(20)18-8-24-7-12(18)16(22)23/h2-5,12-13H,6-8H2,1H3,(H,22,23)/t12-,13?/m0/s1. The normalized spacial score (nSPS) is 18.0. The smallest absolute Gasteiger partial charge is 0.327 e. The Bertz CT molecular complexity index is 694. The molecule has 1 fully saturated rings. The van der Waals surface area contributed by atoms with E-state index in [4.69, 9.17) is 0 Å². The van der Waals surface area contributed by atoms with Crippen LogP contribution in [0.15, 0.2) is 28.7 Å². The molecule has 1 amide bonds. The minimum Gasteiger partial charge on any atom is -0.480 e. The summed E-state index contributed by atoms with van der Waals surface area (Å²) < 4.78 is 0.814. The predicted octanol–water partition coefficient (Wildman–Crippen LogP) is 2.66. The zero-order valence-corrected chi connectivity index (χ0v) is 16.5. The highest BCUT2D eigenvalue weighted by Crippen LogP contribution is 2.26. The number of carbonyl (C=O) groups is 4. The molecule has 6 nitrogen and oxygen atoms in total. The molecule has 1 heterocycles. The Hall–Kier alpha value is -1.32. The highest BCUT2D eigenvalue weighted by Gasteiger charge is 2.36. The summed E-state index contributed by atoms with van der Waals surface area (Å²) in [6.07, 6.45) is -0.205. The van der Waals surface area contributed by atoms with Crippen LogP contribution in [0.1, 0.15) is 23.7 Å². The van der Waals surface area contributed by atoms with E-state index < -0.39 is 23.2 Å². The molecule has 25 heavy (non-hydrogen) atoms. The Kier molecular flexibility index (Phi) is 7.09. The Morgan fingerprint density at radius 1 is 1.32 bits per heavy atom. The maximum Gasteiger partial charge on any atom is 0.327 e. The fraction of sp³-hybridized carbons (Fsp3) is 0.375. The Morgan fingerprint density at radius 2 is 1.96 bits per heavy atom. The summed E-state index contributed by atoms with van der Waals surface area (Å²) in [6, 6.07) is 5.78. The fourth-order valence-corrected chi connectivity index (χ4v) is 4.66. The SMILES string of the molecule is CC(=O)SC(CC(=O)N1CSC[C@H]1C(=O)O)C(=O)c1ccc(Br)cc1. The number of aliphatic carboxylic acids is 1. The van der Waals surface area contributed by atoms with Gasteiger partial charge in [-0.05, 0) is 12.1 Å². The lowest BCUT2D eigenvalue weighted by molar-refractivity contribution is -0.147. The average Bonchev–Trinajstić information content (AvgIpc) is 3.04. The minimum atomic E-state index is -1.06. The van der Waals surface area contributed by atoms with Gasteiger partial charge in [-0.15, -0.1) is 11.8 Å². The van der Waals surface area contributed by atoms with E-state index in [1.807, 2.05) is 0 Å². The lowest BCUT2D eigenvalue weighted by Crippen LogP contribution is -2.43. The zero-order chi connectivity index (χ0) is 18.6. The highest BCUT2D eigenvalue weighted by atomic mass is 79.9. The number of Topliss-reactive ketones (excluding diaryl/α,β-unsaturated/α-hetero) is 1. The van der Waals surface area contributed by atoms with E-state index in [0.29, 0.717) is 11.3 Å². The van der Waals surface area contributed by atoms with Gasteiger partial charge in [-0.25, -0.2) is 4.79 Å². The second-order valence-corrected chi connectivity index (χ2v) is 8.69. The van der Waals surface area contributed by atoms with Gasteiger partial charge in [-0.2, -0.15) is 0 Å². The van der Waals surface area contributed by atoms with Crippen molar-refractivity contribution in [1.29, 1.82) is 0 Å². The summed E-state index contributed by atoms with van der Waals surface area (Å²) in [6.45, 7) is 1.34. The summed E-state index contributed by atoms with van der Waals surface area (Å²) in [5.74, 6) is -1.21. The number of rotatable bonds is 6. The Labute approximate surface area is 161 Å². The van der Waals surface area contributed by atoms with Crippen molar-refractivity contribution in [3.63, 3.8) is 0 Å². The van der Waals surface area contributed by atoms with Crippen LogP contribution in [0.4, 0.5) is 0 Å². The summed E-state index contributed by atoms with van der Waals surface area (Å²) in [7, 11) is 0. The first-order valence-corrected chi connectivity index (χ1v) is 10.2. The Balaban J connectivity index is 2.15. The molecule has 0 aromatic heterocycles. The molecular formula is C16H16BrNO5S2. The third-order valence-corrected chi connectivity index (χ3v) is 6.12. The fourth-order valence-electron chi connectivity index (χ4n) is 2.36. The molecular weight excluding hydrogens is 430 g/mol. The van der Waals surface area contributed by atoms with Crippen molar-refractivity contribution in [2.24, 2.45) is 0 Å². The predicted molar refractivity (Wildman–Crippen MR) is 101 cm³/mol. The number of carbonyl (C=O) groups excluding carboxylic acids is 3. The van der Waals surface area contributed by atoms with E-state index in [1.165, 1.54) is 23.6 Å². The number of halogens is 1. The number of carboxylic acid groups (broad SMARTS) is 1. The molecule has 1 unspecified atom stereocenters. The number of ketones is 1. The summed E-state index contributed by atoms with van der Waals surface area (Å²) >= 11 is 5.44. The second-order valence-electron chi connectivity index (χ2n) is 5.39. The third-order valence-electron chi connectivity index (χ3n) is 3.58. The number of benzene rings is 1. The van der Waals surface area contributed by atoms with Crippen molar-refractivity contribution in [1.82, 2.24) is 4.90 Å².